The van der Waals surface area contributed by atoms with Crippen LogP contribution in [0.4, 0.5) is 19.3 Å². The highest BCUT2D eigenvalue weighted by Crippen LogP contribution is 2.31. The van der Waals surface area contributed by atoms with Gasteiger partial charge in [0, 0.05) is 13.7 Å². The number of carbonyl (C=O) groups excluding carboxylic acids is 2. The fourth-order valence-corrected chi connectivity index (χ4v) is 3.31. The third kappa shape index (κ3) is 4.55. The number of hydrogen-bond acceptors (Lipinski definition) is 4. The van der Waals surface area contributed by atoms with Crippen LogP contribution >= 0.6 is 11.6 Å². The average Bonchev–Trinajstić information content (AvgIpc) is 2.94. The molecule has 0 aliphatic carbocycles. The van der Waals surface area contributed by atoms with E-state index in [-0.39, 0.29) is 23.8 Å². The van der Waals surface area contributed by atoms with Crippen molar-refractivity contribution in [3.8, 4) is 0 Å². The van der Waals surface area contributed by atoms with Crippen LogP contribution in [0.1, 0.15) is 27.7 Å². The van der Waals surface area contributed by atoms with Crippen LogP contribution in [-0.4, -0.2) is 61.0 Å². The lowest BCUT2D eigenvalue weighted by Gasteiger charge is -2.32. The van der Waals surface area contributed by atoms with E-state index < -0.39 is 41.7 Å². The molecule has 1 aromatic carbocycles. The molecule has 1 aliphatic heterocycles. The van der Waals surface area contributed by atoms with Gasteiger partial charge in [0.05, 0.1) is 17.3 Å². The first kappa shape index (κ1) is 22.4. The Hall–Kier alpha value is -1.93. The van der Waals surface area contributed by atoms with Crippen molar-refractivity contribution in [2.75, 3.05) is 25.1 Å². The Labute approximate surface area is 168 Å². The summed E-state index contributed by atoms with van der Waals surface area (Å²) in [5.41, 5.74) is -0.883. The van der Waals surface area contributed by atoms with Gasteiger partial charge in [0.15, 0.2) is 5.82 Å². The lowest BCUT2D eigenvalue weighted by atomic mass is 10.1. The number of likely N-dealkylation sites (tertiary alicyclic amines) is 1. The molecule has 1 saturated heterocycles. The van der Waals surface area contributed by atoms with Gasteiger partial charge in [-0.1, -0.05) is 17.7 Å². The molecule has 156 valence electrons. The van der Waals surface area contributed by atoms with Crippen LogP contribution in [0.5, 0.6) is 0 Å². The lowest BCUT2D eigenvalue weighted by Crippen LogP contribution is -2.53. The highest BCUT2D eigenvalue weighted by molar-refractivity contribution is 6.31. The van der Waals surface area contributed by atoms with Crippen molar-refractivity contribution < 1.29 is 27.8 Å². The van der Waals surface area contributed by atoms with Gasteiger partial charge in [-0.3, -0.25) is 9.69 Å². The Balaban J connectivity index is 2.41. The van der Waals surface area contributed by atoms with Gasteiger partial charge in [-0.25, -0.2) is 13.6 Å². The molecule has 0 radical (unpaired) electrons. The summed E-state index contributed by atoms with van der Waals surface area (Å²) in [6, 6.07) is 2.96. The number of anilines is 1. The number of nitrogens with zero attached hydrogens (tertiary/aromatic N) is 2. The summed E-state index contributed by atoms with van der Waals surface area (Å²) in [6.45, 7) is 6.36. The molecule has 1 aromatic rings. The number of amides is 2. The molecule has 2 rings (SSSR count). The van der Waals surface area contributed by atoms with Crippen LogP contribution < -0.4 is 4.90 Å². The fraction of sp³-hybridized carbons (Fsp3) is 0.579. The van der Waals surface area contributed by atoms with Crippen LogP contribution in [0, 0.1) is 5.82 Å². The summed E-state index contributed by atoms with van der Waals surface area (Å²) < 4.78 is 39.5. The van der Waals surface area contributed by atoms with Crippen molar-refractivity contribution in [1.29, 1.82) is 0 Å². The topological polar surface area (TPSA) is 59.1 Å². The number of hydrogen-bond donors (Lipinski definition) is 0. The average molecular weight is 419 g/mol. The van der Waals surface area contributed by atoms with Gasteiger partial charge in [0.2, 0.25) is 0 Å². The molecule has 0 spiro atoms. The van der Waals surface area contributed by atoms with Gasteiger partial charge >= 0.3 is 6.09 Å². The van der Waals surface area contributed by atoms with E-state index in [9.17, 15) is 18.4 Å². The van der Waals surface area contributed by atoms with Crippen molar-refractivity contribution in [2.24, 2.45) is 0 Å². The molecule has 2 amide bonds. The number of alkyl halides is 1. The van der Waals surface area contributed by atoms with Crippen molar-refractivity contribution >= 4 is 29.3 Å². The number of carbonyl (C=O) groups is 2. The van der Waals surface area contributed by atoms with E-state index in [0.29, 0.717) is 0 Å². The quantitative estimate of drug-likeness (QED) is 0.746. The first-order valence-corrected chi connectivity index (χ1v) is 9.31. The zero-order valence-corrected chi connectivity index (χ0v) is 17.3. The molecule has 28 heavy (non-hydrogen) atoms. The van der Waals surface area contributed by atoms with E-state index in [0.717, 1.165) is 9.80 Å². The third-order valence-corrected chi connectivity index (χ3v) is 4.62. The Bertz CT molecular complexity index is 741. The van der Waals surface area contributed by atoms with Crippen LogP contribution in [0.25, 0.3) is 0 Å². The minimum Gasteiger partial charge on any atom is -0.444 e. The second-order valence-corrected chi connectivity index (χ2v) is 7.86. The molecule has 1 heterocycles. The molecule has 1 aliphatic rings. The predicted molar refractivity (Wildman–Crippen MR) is 102 cm³/mol. The normalized spacial score (nSPS) is 22.3. The van der Waals surface area contributed by atoms with Gasteiger partial charge < -0.3 is 14.4 Å². The number of ether oxygens (including phenoxy) is 2. The lowest BCUT2D eigenvalue weighted by molar-refractivity contribution is -0.126. The van der Waals surface area contributed by atoms with Gasteiger partial charge in [-0.15, -0.1) is 0 Å². The Morgan fingerprint density at radius 2 is 2.00 bits per heavy atom. The number of benzene rings is 1. The van der Waals surface area contributed by atoms with Crippen molar-refractivity contribution in [1.82, 2.24) is 4.90 Å². The smallest absolute Gasteiger partial charge is 0.411 e. The van der Waals surface area contributed by atoms with E-state index in [1.54, 1.807) is 27.7 Å². The molecule has 9 heteroatoms. The Morgan fingerprint density at radius 1 is 1.36 bits per heavy atom. The Kier molecular flexibility index (Phi) is 6.88. The van der Waals surface area contributed by atoms with E-state index >= 15 is 0 Å². The molecule has 0 aromatic heterocycles. The molecule has 3 atom stereocenters. The van der Waals surface area contributed by atoms with Crippen LogP contribution in [-0.2, 0) is 14.3 Å². The van der Waals surface area contributed by atoms with Crippen molar-refractivity contribution in [2.45, 2.75) is 51.6 Å². The second-order valence-electron chi connectivity index (χ2n) is 7.45. The number of methoxy groups -OCH3 is 1. The monoisotopic (exact) mass is 418 g/mol. The SMILES string of the molecule is CCN(C(=O)C1C(OC)C(F)CN1C(=O)OC(C)(C)C)c1cccc(Cl)c1F. The van der Waals surface area contributed by atoms with Crippen LogP contribution in [0.15, 0.2) is 18.2 Å². The molecule has 0 bridgehead atoms. The molecule has 6 nitrogen and oxygen atoms in total. The summed E-state index contributed by atoms with van der Waals surface area (Å²) in [5, 5.41) is -0.147. The molecule has 3 unspecified atom stereocenters. The fourth-order valence-electron chi connectivity index (χ4n) is 3.15. The number of likely N-dealkylation sites (N-methyl/N-ethyl adjacent to an activating group) is 1. The zero-order chi connectivity index (χ0) is 21.2. The molecule has 0 saturated carbocycles. The van der Waals surface area contributed by atoms with Gasteiger partial charge in [-0.05, 0) is 39.8 Å². The molecular formula is C19H25ClF2N2O4. The van der Waals surface area contributed by atoms with Gasteiger partial charge in [0.1, 0.15) is 23.9 Å². The molecule has 0 N–H and O–H groups in total. The largest absolute Gasteiger partial charge is 0.444 e. The maximum Gasteiger partial charge on any atom is 0.411 e. The maximum absolute atomic E-state index is 14.5. The first-order valence-electron chi connectivity index (χ1n) is 8.93. The van der Waals surface area contributed by atoms with E-state index in [4.69, 9.17) is 21.1 Å². The van der Waals surface area contributed by atoms with Gasteiger partial charge in [0.25, 0.3) is 5.91 Å². The highest BCUT2D eigenvalue weighted by atomic mass is 35.5. The number of rotatable bonds is 4. The number of halogens is 3. The molecular weight excluding hydrogens is 394 g/mol. The van der Waals surface area contributed by atoms with E-state index in [1.807, 2.05) is 0 Å². The third-order valence-electron chi connectivity index (χ3n) is 4.33. The summed E-state index contributed by atoms with van der Waals surface area (Å²) in [7, 11) is 1.26. The maximum atomic E-state index is 14.5. The van der Waals surface area contributed by atoms with Crippen molar-refractivity contribution in [3.05, 3.63) is 29.0 Å². The predicted octanol–water partition coefficient (Wildman–Crippen LogP) is 3.80. The van der Waals surface area contributed by atoms with E-state index in [1.165, 1.54) is 25.3 Å². The van der Waals surface area contributed by atoms with Crippen LogP contribution in [0.3, 0.4) is 0 Å². The highest BCUT2D eigenvalue weighted by Gasteiger charge is 2.51. The van der Waals surface area contributed by atoms with Gasteiger partial charge in [-0.2, -0.15) is 0 Å². The van der Waals surface area contributed by atoms with Crippen molar-refractivity contribution in [3.63, 3.8) is 0 Å². The minimum absolute atomic E-state index is 0.0544. The summed E-state index contributed by atoms with van der Waals surface area (Å²) in [4.78, 5) is 27.9. The summed E-state index contributed by atoms with van der Waals surface area (Å²) in [5.74, 6) is -1.45. The van der Waals surface area contributed by atoms with E-state index in [2.05, 4.69) is 0 Å². The first-order chi connectivity index (χ1) is 13.0. The van der Waals surface area contributed by atoms with Crippen LogP contribution in [0.2, 0.25) is 5.02 Å². The standard InChI is InChI=1S/C19H25ClF2N2O4/c1-6-23(13-9-7-8-11(20)14(13)22)17(25)15-16(27-5)12(21)10-24(15)18(26)28-19(2,3)4/h7-9,12,15-16H,6,10H2,1-5H3. The molecule has 1 fully saturated rings. The summed E-state index contributed by atoms with van der Waals surface area (Å²) in [6.07, 6.45) is -3.62. The minimum atomic E-state index is -1.59. The zero-order valence-electron chi connectivity index (χ0n) is 16.5. The summed E-state index contributed by atoms with van der Waals surface area (Å²) >= 11 is 5.83. The Morgan fingerprint density at radius 3 is 2.54 bits per heavy atom. The second kappa shape index (κ2) is 8.61.